The van der Waals surface area contributed by atoms with E-state index in [0.717, 1.165) is 12.1 Å². The first-order chi connectivity index (χ1) is 34.6. The summed E-state index contributed by atoms with van der Waals surface area (Å²) in [5, 5.41) is 34.4. The molecule has 0 spiro atoms. The number of hydrogen-bond donors (Lipinski definition) is 6. The zero-order valence-corrected chi connectivity index (χ0v) is 44.6. The predicted octanol–water partition coefficient (Wildman–Crippen LogP) is -1.57. The molecule has 0 aliphatic rings. The minimum absolute atomic E-state index is 0. The van der Waals surface area contributed by atoms with Crippen molar-refractivity contribution in [1.82, 2.24) is 19.4 Å². The number of rotatable bonds is 18. The monoisotopic (exact) mass is 1010 g/mol. The van der Waals surface area contributed by atoms with Crippen molar-refractivity contribution in [3.8, 4) is 11.5 Å². The first-order valence-corrected chi connectivity index (χ1v) is 22.2. The van der Waals surface area contributed by atoms with Gasteiger partial charge in [-0.3, -0.25) is 19.2 Å². The van der Waals surface area contributed by atoms with E-state index in [9.17, 15) is 43.8 Å². The summed E-state index contributed by atoms with van der Waals surface area (Å²) in [5.41, 5.74) is 14.6. The van der Waals surface area contributed by atoms with Gasteiger partial charge in [0, 0.05) is 68.3 Å². The molecule has 364 valence electrons. The average Bonchev–Trinajstić information content (AvgIpc) is 3.81. The number of carboxylic acid groups (broad SMARTS) is 2. The van der Waals surface area contributed by atoms with Crippen LogP contribution in [0.25, 0.3) is 11.0 Å². The largest absolute Gasteiger partial charge is 1.00 e. The number of urea groups is 1. The van der Waals surface area contributed by atoms with Crippen molar-refractivity contribution in [1.29, 1.82) is 0 Å². The van der Waals surface area contributed by atoms with Crippen LogP contribution in [0.2, 0.25) is 0 Å². The number of anilines is 4. The van der Waals surface area contributed by atoms with E-state index in [-0.39, 0.29) is 142 Å². The maximum absolute atomic E-state index is 13.8. The maximum atomic E-state index is 13.8. The zero-order chi connectivity index (χ0) is 51.2. The van der Waals surface area contributed by atoms with Crippen LogP contribution >= 0.6 is 0 Å². The number of ketones is 2. The van der Waals surface area contributed by atoms with Gasteiger partial charge in [-0.05, 0) is 111 Å². The van der Waals surface area contributed by atoms with Crippen molar-refractivity contribution in [3.63, 3.8) is 0 Å². The van der Waals surface area contributed by atoms with Crippen molar-refractivity contribution in [2.75, 3.05) is 48.4 Å². The molecule has 4 aromatic heterocycles. The second-order valence-corrected chi connectivity index (χ2v) is 16.3. The van der Waals surface area contributed by atoms with Gasteiger partial charge in [0.1, 0.15) is 24.7 Å². The van der Waals surface area contributed by atoms with E-state index in [2.05, 4.69) is 21.3 Å². The van der Waals surface area contributed by atoms with E-state index in [4.69, 9.17) is 20.9 Å². The number of carboxylic acids is 2. The number of nitrogens with zero attached hydrogens (tertiary/aromatic N) is 2. The molecule has 8 N–H and O–H groups in total. The Bertz CT molecular complexity index is 3290. The third kappa shape index (κ3) is 12.0. The van der Waals surface area contributed by atoms with Gasteiger partial charge < -0.3 is 70.8 Å². The van der Waals surface area contributed by atoms with Gasteiger partial charge in [0.15, 0.2) is 0 Å². The molecule has 0 aliphatic heterocycles. The number of benzene rings is 4. The van der Waals surface area contributed by atoms with Crippen LogP contribution in [0, 0.1) is 13.8 Å². The standard InChI is InChI=1S/C53H46N8O11.2Na/c1-29-43(41-13-3-5-21-60(41)45(29)47(62)31-15-17-39(54)37(27-31)51(66)67)58-49(64)33-9-7-11-35(25-33)71-23-19-56-53(70)57-20-24-72-36-12-8-10-34(26-36)50(65)59-44-30(2)46(61-22-6-4-14-42(44)61)48(63)32-16-18-40(55)38(28-32)52(68)69;;/h3-18,21-22,25-28H,19-20,23-24,54-55H2,1-2H3,(H,58,64)(H,59,65)(H,66,67)(H,68,69)(H2,56,57,70);;/q;2*+1/p-2. The van der Waals surface area contributed by atoms with E-state index in [0.29, 0.717) is 45.0 Å². The summed E-state index contributed by atoms with van der Waals surface area (Å²) >= 11 is 0. The molecule has 0 aliphatic carbocycles. The molecule has 8 rings (SSSR count). The van der Waals surface area contributed by atoms with Gasteiger partial charge in [-0.2, -0.15) is 0 Å². The Labute approximate surface area is 466 Å². The van der Waals surface area contributed by atoms with Crippen LogP contribution in [0.3, 0.4) is 0 Å². The molecular formula is C53H44N8Na2O11. The number of amides is 4. The van der Waals surface area contributed by atoms with Crippen LogP contribution in [-0.2, 0) is 0 Å². The van der Waals surface area contributed by atoms with Crippen molar-refractivity contribution in [2.45, 2.75) is 13.8 Å². The maximum Gasteiger partial charge on any atom is 1.00 e. The van der Waals surface area contributed by atoms with E-state index in [1.807, 2.05) is 0 Å². The SMILES string of the molecule is Cc1c(NC(=O)c2cccc(OCCNC(=O)NCCOc3cccc(C(=O)Nc4c(C)c(C(=O)c5ccc(N)c(C(=O)[O-])c5)n5ccccc45)c3)c2)c2ccccn2c1C(=O)c1ccc(N)c(C(=O)[O-])c1.[Na+].[Na+]. The number of aromatic carboxylic acids is 2. The normalized spacial score (nSPS) is 10.6. The van der Waals surface area contributed by atoms with Crippen molar-refractivity contribution >= 4 is 75.1 Å². The van der Waals surface area contributed by atoms with Gasteiger partial charge in [-0.15, -0.1) is 0 Å². The minimum atomic E-state index is -1.52. The average molecular weight is 1010 g/mol. The Morgan fingerprint density at radius 3 is 1.31 bits per heavy atom. The Morgan fingerprint density at radius 1 is 0.514 bits per heavy atom. The van der Waals surface area contributed by atoms with Crippen molar-refractivity contribution < 1.29 is 112 Å². The van der Waals surface area contributed by atoms with Gasteiger partial charge in [0.25, 0.3) is 11.8 Å². The van der Waals surface area contributed by atoms with Gasteiger partial charge in [0.2, 0.25) is 11.6 Å². The fourth-order valence-corrected chi connectivity index (χ4v) is 8.12. The summed E-state index contributed by atoms with van der Waals surface area (Å²) in [7, 11) is 0. The third-order valence-corrected chi connectivity index (χ3v) is 11.7. The zero-order valence-electron chi connectivity index (χ0n) is 40.6. The number of carbonyl (C=O) groups excluding carboxylic acids is 7. The number of pyridine rings is 2. The number of nitrogen functional groups attached to an aromatic ring is 2. The fraction of sp³-hybridized carbons (Fsp3) is 0.113. The van der Waals surface area contributed by atoms with Crippen LogP contribution in [0.4, 0.5) is 27.5 Å². The molecule has 8 aromatic rings. The molecule has 0 bridgehead atoms. The number of ether oxygens (including phenoxy) is 2. The molecule has 4 aromatic carbocycles. The quantitative estimate of drug-likeness (QED) is 0.0246. The molecule has 4 heterocycles. The molecule has 0 unspecified atom stereocenters. The number of aromatic nitrogens is 2. The van der Waals surface area contributed by atoms with Gasteiger partial charge >= 0.3 is 65.1 Å². The molecule has 19 nitrogen and oxygen atoms in total. The van der Waals surface area contributed by atoms with E-state index < -0.39 is 41.4 Å². The summed E-state index contributed by atoms with van der Waals surface area (Å²) in [6.07, 6.45) is 3.32. The summed E-state index contributed by atoms with van der Waals surface area (Å²) in [6, 6.07) is 30.6. The summed E-state index contributed by atoms with van der Waals surface area (Å²) in [4.78, 5) is 90.5. The fourth-order valence-electron chi connectivity index (χ4n) is 8.12. The van der Waals surface area contributed by atoms with Crippen molar-refractivity contribution in [3.05, 3.63) is 190 Å². The van der Waals surface area contributed by atoms with Crippen LogP contribution < -0.4 is 112 Å². The summed E-state index contributed by atoms with van der Waals surface area (Å²) < 4.78 is 14.9. The van der Waals surface area contributed by atoms with E-state index in [1.165, 1.54) is 36.4 Å². The van der Waals surface area contributed by atoms with Crippen LogP contribution in [0.1, 0.15) is 84.7 Å². The second kappa shape index (κ2) is 24.2. The van der Waals surface area contributed by atoms with E-state index in [1.54, 1.807) is 108 Å². The van der Waals surface area contributed by atoms with Gasteiger partial charge in [-0.25, -0.2) is 4.79 Å². The van der Waals surface area contributed by atoms with E-state index >= 15 is 0 Å². The Kier molecular flexibility index (Phi) is 18.1. The molecule has 0 saturated carbocycles. The Hall–Kier alpha value is -7.91. The molecule has 0 saturated heterocycles. The van der Waals surface area contributed by atoms with Crippen LogP contribution in [0.15, 0.2) is 134 Å². The number of fused-ring (bicyclic) bond motifs is 2. The Balaban J connectivity index is 0.00000446. The third-order valence-electron chi connectivity index (χ3n) is 11.7. The molecule has 0 atom stereocenters. The minimum Gasteiger partial charge on any atom is -0.545 e. The summed E-state index contributed by atoms with van der Waals surface area (Å²) in [5.74, 6) is -4.26. The van der Waals surface area contributed by atoms with Crippen molar-refractivity contribution in [2.24, 2.45) is 0 Å². The topological polar surface area (TPSA) is 293 Å². The molecule has 21 heteroatoms. The first-order valence-electron chi connectivity index (χ1n) is 22.2. The molecule has 0 fully saturated rings. The van der Waals surface area contributed by atoms with Gasteiger partial charge in [0.05, 0.1) is 58.8 Å². The number of hydrogen-bond acceptors (Lipinski definition) is 13. The molecule has 74 heavy (non-hydrogen) atoms. The second-order valence-electron chi connectivity index (χ2n) is 16.3. The number of carbonyl (C=O) groups is 7. The van der Waals surface area contributed by atoms with Gasteiger partial charge in [-0.1, -0.05) is 24.3 Å². The first kappa shape index (κ1) is 55.4. The van der Waals surface area contributed by atoms with Crippen LogP contribution in [-0.4, -0.2) is 76.5 Å². The molecule has 0 radical (unpaired) electrons. The molecular weight excluding hydrogens is 971 g/mol. The predicted molar refractivity (Wildman–Crippen MR) is 263 cm³/mol. The number of nitrogens with one attached hydrogen (secondary N) is 4. The van der Waals surface area contributed by atoms with Crippen LogP contribution in [0.5, 0.6) is 11.5 Å². The molecule has 4 amide bonds. The Morgan fingerprint density at radius 2 is 0.919 bits per heavy atom. The smallest absolute Gasteiger partial charge is 0.545 e. The summed E-state index contributed by atoms with van der Waals surface area (Å²) in [6.45, 7) is 3.70. The number of nitrogens with two attached hydrogens (primary N) is 2.